The van der Waals surface area contributed by atoms with Gasteiger partial charge in [-0.05, 0) is 34.3 Å². The maximum atomic E-state index is 14.0. The molecule has 0 aliphatic rings. The molecule has 1 atom stereocenters. The Morgan fingerprint density at radius 2 is 2.00 bits per heavy atom. The number of halogens is 2. The molecule has 1 aromatic carbocycles. The summed E-state index contributed by atoms with van der Waals surface area (Å²) in [4.78, 5) is 0. The summed E-state index contributed by atoms with van der Waals surface area (Å²) in [5.74, 6) is 5.89. The van der Waals surface area contributed by atoms with Gasteiger partial charge < -0.3 is 0 Å². The Hall–Kier alpha value is -0.450. The largest absolute Gasteiger partial charge is 0.271 e. The molecule has 0 fully saturated rings. The van der Waals surface area contributed by atoms with Gasteiger partial charge >= 0.3 is 0 Å². The minimum atomic E-state index is -0.221. The molecule has 1 aromatic rings. The van der Waals surface area contributed by atoms with E-state index in [1.807, 2.05) is 6.07 Å². The fraction of sp³-hybridized carbons (Fsp3) is 0.538. The van der Waals surface area contributed by atoms with Gasteiger partial charge in [0.15, 0.2) is 0 Å². The molecule has 0 aromatic heterocycles. The number of benzene rings is 1. The van der Waals surface area contributed by atoms with E-state index in [1.165, 1.54) is 0 Å². The third-order valence-corrected chi connectivity index (χ3v) is 3.89. The van der Waals surface area contributed by atoms with Crippen LogP contribution >= 0.6 is 15.9 Å². The first-order valence-electron chi connectivity index (χ1n) is 6.04. The molecule has 17 heavy (non-hydrogen) atoms. The van der Waals surface area contributed by atoms with E-state index in [2.05, 4.69) is 35.2 Å². The van der Waals surface area contributed by atoms with Crippen molar-refractivity contribution in [3.8, 4) is 0 Å². The first-order chi connectivity index (χ1) is 8.13. The van der Waals surface area contributed by atoms with Gasteiger partial charge in [-0.2, -0.15) is 0 Å². The number of hydrogen-bond acceptors (Lipinski definition) is 2. The van der Waals surface area contributed by atoms with Crippen molar-refractivity contribution < 1.29 is 4.39 Å². The van der Waals surface area contributed by atoms with Crippen LogP contribution in [0, 0.1) is 11.7 Å². The Kier molecular flexibility index (Phi) is 6.09. The van der Waals surface area contributed by atoms with Crippen LogP contribution in [0.5, 0.6) is 0 Å². The third-order valence-electron chi connectivity index (χ3n) is 3.28. The average molecular weight is 303 g/mol. The van der Waals surface area contributed by atoms with Crippen molar-refractivity contribution in [1.82, 2.24) is 5.43 Å². The quantitative estimate of drug-likeness (QED) is 0.617. The monoisotopic (exact) mass is 302 g/mol. The zero-order chi connectivity index (χ0) is 12.8. The van der Waals surface area contributed by atoms with E-state index < -0.39 is 0 Å². The molecule has 0 bridgehead atoms. The van der Waals surface area contributed by atoms with Crippen LogP contribution in [-0.2, 0) is 0 Å². The molecule has 1 unspecified atom stereocenters. The van der Waals surface area contributed by atoms with E-state index in [9.17, 15) is 4.39 Å². The van der Waals surface area contributed by atoms with Crippen LogP contribution in [0.4, 0.5) is 4.39 Å². The number of hydrogen-bond donors (Lipinski definition) is 2. The van der Waals surface area contributed by atoms with Crippen LogP contribution in [0.1, 0.15) is 44.7 Å². The normalized spacial score (nSPS) is 13.1. The molecule has 0 aliphatic heterocycles. The van der Waals surface area contributed by atoms with Crippen molar-refractivity contribution in [2.45, 2.75) is 39.2 Å². The van der Waals surface area contributed by atoms with Crippen LogP contribution in [0.15, 0.2) is 22.7 Å². The van der Waals surface area contributed by atoms with E-state index in [0.717, 1.165) is 19.3 Å². The van der Waals surface area contributed by atoms with Gasteiger partial charge in [-0.15, -0.1) is 0 Å². The van der Waals surface area contributed by atoms with Gasteiger partial charge in [0, 0.05) is 11.6 Å². The number of nitrogens with one attached hydrogen (secondary N) is 1. The smallest absolute Gasteiger partial charge is 0.142 e. The molecular weight excluding hydrogens is 283 g/mol. The highest BCUT2D eigenvalue weighted by Gasteiger charge is 2.19. The topological polar surface area (TPSA) is 38.0 Å². The Labute approximate surface area is 111 Å². The maximum Gasteiger partial charge on any atom is 0.142 e. The summed E-state index contributed by atoms with van der Waals surface area (Å²) < 4.78 is 14.4. The first kappa shape index (κ1) is 14.6. The average Bonchev–Trinajstić information content (AvgIpc) is 2.35. The predicted molar refractivity (Wildman–Crippen MR) is 72.9 cm³/mol. The highest BCUT2D eigenvalue weighted by atomic mass is 79.9. The lowest BCUT2D eigenvalue weighted by Gasteiger charge is -2.22. The lowest BCUT2D eigenvalue weighted by Crippen LogP contribution is -2.30. The highest BCUT2D eigenvalue weighted by molar-refractivity contribution is 9.10. The van der Waals surface area contributed by atoms with Crippen LogP contribution in [0.3, 0.4) is 0 Å². The Bertz CT molecular complexity index is 353. The van der Waals surface area contributed by atoms with Crippen molar-refractivity contribution in [2.24, 2.45) is 11.8 Å². The molecule has 1 rings (SSSR count). The molecule has 0 radical (unpaired) electrons. The molecule has 0 amide bonds. The van der Waals surface area contributed by atoms with Gasteiger partial charge in [0.2, 0.25) is 0 Å². The second-order valence-corrected chi connectivity index (χ2v) is 5.13. The standard InChI is InChI=1S/C13H20BrFN2/c1-3-9(4-2)8-12(17-16)10-6-5-7-11(14)13(10)15/h5-7,9,12,17H,3-4,8,16H2,1-2H3. The molecule has 2 nitrogen and oxygen atoms in total. The maximum absolute atomic E-state index is 14.0. The summed E-state index contributed by atoms with van der Waals surface area (Å²) in [5, 5.41) is 0. The van der Waals surface area contributed by atoms with Crippen LogP contribution in [0.2, 0.25) is 0 Å². The zero-order valence-corrected chi connectivity index (χ0v) is 11.9. The SMILES string of the molecule is CCC(CC)CC(NN)c1cccc(Br)c1F. The van der Waals surface area contributed by atoms with E-state index in [-0.39, 0.29) is 11.9 Å². The van der Waals surface area contributed by atoms with Crippen molar-refractivity contribution in [3.63, 3.8) is 0 Å². The second-order valence-electron chi connectivity index (χ2n) is 4.28. The fourth-order valence-corrected chi connectivity index (χ4v) is 2.41. The summed E-state index contributed by atoms with van der Waals surface area (Å²) in [7, 11) is 0. The lowest BCUT2D eigenvalue weighted by atomic mass is 9.91. The minimum absolute atomic E-state index is 0.127. The molecule has 96 valence electrons. The fourth-order valence-electron chi connectivity index (χ4n) is 2.03. The molecule has 0 saturated heterocycles. The molecule has 3 N–H and O–H groups in total. The summed E-state index contributed by atoms with van der Waals surface area (Å²) >= 11 is 3.20. The van der Waals surface area contributed by atoms with Crippen molar-refractivity contribution in [3.05, 3.63) is 34.1 Å². The van der Waals surface area contributed by atoms with Gasteiger partial charge in [0.05, 0.1) is 4.47 Å². The number of rotatable bonds is 6. The van der Waals surface area contributed by atoms with Gasteiger partial charge in [0.1, 0.15) is 5.82 Å². The number of hydrazine groups is 1. The molecule has 0 saturated carbocycles. The van der Waals surface area contributed by atoms with Crippen molar-refractivity contribution >= 4 is 15.9 Å². The lowest BCUT2D eigenvalue weighted by molar-refractivity contribution is 0.367. The van der Waals surface area contributed by atoms with Crippen molar-refractivity contribution in [2.75, 3.05) is 0 Å². The summed E-state index contributed by atoms with van der Waals surface area (Å²) in [6.07, 6.45) is 3.03. The Balaban J connectivity index is 2.89. The molecule has 4 heteroatoms. The van der Waals surface area contributed by atoms with E-state index in [1.54, 1.807) is 12.1 Å². The van der Waals surface area contributed by atoms with Crippen LogP contribution < -0.4 is 11.3 Å². The van der Waals surface area contributed by atoms with Gasteiger partial charge in [-0.3, -0.25) is 11.3 Å². The van der Waals surface area contributed by atoms with E-state index >= 15 is 0 Å². The molecular formula is C13H20BrFN2. The van der Waals surface area contributed by atoms with E-state index in [4.69, 9.17) is 5.84 Å². The summed E-state index contributed by atoms with van der Waals surface area (Å²) in [6.45, 7) is 4.30. The molecule has 0 spiro atoms. The Morgan fingerprint density at radius 3 is 2.53 bits per heavy atom. The van der Waals surface area contributed by atoms with Crippen molar-refractivity contribution in [1.29, 1.82) is 0 Å². The second kappa shape index (κ2) is 7.09. The zero-order valence-electron chi connectivity index (χ0n) is 10.3. The van der Waals surface area contributed by atoms with Gasteiger partial charge in [0.25, 0.3) is 0 Å². The first-order valence-corrected chi connectivity index (χ1v) is 6.83. The molecule has 0 aliphatic carbocycles. The number of nitrogens with two attached hydrogens (primary N) is 1. The minimum Gasteiger partial charge on any atom is -0.271 e. The third kappa shape index (κ3) is 3.76. The molecule has 0 heterocycles. The van der Waals surface area contributed by atoms with E-state index in [0.29, 0.717) is 16.0 Å². The van der Waals surface area contributed by atoms with Crippen LogP contribution in [0.25, 0.3) is 0 Å². The van der Waals surface area contributed by atoms with Crippen LogP contribution in [-0.4, -0.2) is 0 Å². The van der Waals surface area contributed by atoms with Gasteiger partial charge in [-0.25, -0.2) is 4.39 Å². The van der Waals surface area contributed by atoms with Gasteiger partial charge in [-0.1, -0.05) is 38.8 Å². The summed E-state index contributed by atoms with van der Waals surface area (Å²) in [6, 6.07) is 5.19. The summed E-state index contributed by atoms with van der Waals surface area (Å²) in [5.41, 5.74) is 3.36. The Morgan fingerprint density at radius 1 is 1.35 bits per heavy atom. The predicted octanol–water partition coefficient (Wildman–Crippen LogP) is 3.92. The highest BCUT2D eigenvalue weighted by Crippen LogP contribution is 2.29.